The second-order valence-electron chi connectivity index (χ2n) is 7.71. The number of hydrazine groups is 1. The average molecular weight is 451 g/mol. The monoisotopic (exact) mass is 451 g/mol. The molecule has 3 rings (SSSR count). The fraction of sp³-hybridized carbons (Fsp3) is 0.217. The van der Waals surface area contributed by atoms with E-state index in [2.05, 4.69) is 17.2 Å². The van der Waals surface area contributed by atoms with Crippen LogP contribution in [-0.2, 0) is 22.4 Å². The van der Waals surface area contributed by atoms with Crippen LogP contribution < -0.4 is 16.5 Å². The molecule has 0 aromatic heterocycles. The van der Waals surface area contributed by atoms with Crippen molar-refractivity contribution in [3.05, 3.63) is 76.9 Å². The third-order valence-corrected chi connectivity index (χ3v) is 5.34. The summed E-state index contributed by atoms with van der Waals surface area (Å²) < 4.78 is 0. The van der Waals surface area contributed by atoms with Gasteiger partial charge in [-0.25, -0.2) is 15.4 Å². The first-order chi connectivity index (χ1) is 15.7. The molecule has 0 fully saturated rings. The van der Waals surface area contributed by atoms with E-state index in [4.69, 9.17) is 16.4 Å². The smallest absolute Gasteiger partial charge is 0.331 e. The first-order valence-electron chi connectivity index (χ1n) is 10.2. The normalized spacial score (nSPS) is 13.5. The Morgan fingerprint density at radius 1 is 1.12 bits per heavy atom. The predicted octanol–water partition coefficient (Wildman–Crippen LogP) is 1.57. The van der Waals surface area contributed by atoms with Gasteiger partial charge in [0.15, 0.2) is 0 Å². The Kier molecular flexibility index (Phi) is 7.09. The topological polar surface area (TPSA) is 169 Å². The zero-order valence-electron chi connectivity index (χ0n) is 17.8. The molecule has 0 radical (unpaired) electrons. The minimum Gasteiger partial charge on any atom is -0.480 e. The lowest BCUT2D eigenvalue weighted by molar-refractivity contribution is -0.139. The molecule has 0 unspecified atom stereocenters. The highest BCUT2D eigenvalue weighted by Gasteiger charge is 2.23. The van der Waals surface area contributed by atoms with Crippen LogP contribution in [0.1, 0.15) is 33.5 Å². The first kappa shape index (κ1) is 23.5. The Morgan fingerprint density at radius 2 is 1.76 bits per heavy atom. The molecule has 2 aromatic rings. The molecule has 1 aliphatic heterocycles. The van der Waals surface area contributed by atoms with Crippen LogP contribution in [0, 0.1) is 5.41 Å². The summed E-state index contributed by atoms with van der Waals surface area (Å²) in [7, 11) is 0. The molecule has 0 saturated heterocycles. The number of rotatable bonds is 9. The number of carbonyl (C=O) groups is 3. The molecule has 0 aliphatic carbocycles. The van der Waals surface area contributed by atoms with Gasteiger partial charge in [0.1, 0.15) is 18.5 Å². The van der Waals surface area contributed by atoms with Gasteiger partial charge >= 0.3 is 11.9 Å². The molecule has 2 aromatic carbocycles. The van der Waals surface area contributed by atoms with Crippen molar-refractivity contribution in [2.75, 3.05) is 12.0 Å². The number of nitrogens with one attached hydrogen (secondary N) is 3. The summed E-state index contributed by atoms with van der Waals surface area (Å²) in [5, 5.41) is 33.1. The minimum atomic E-state index is -1.39. The summed E-state index contributed by atoms with van der Waals surface area (Å²) in [4.78, 5) is 34.6. The Balaban J connectivity index is 1.60. The molecular formula is C23H25N5O5. The molecule has 0 bridgehead atoms. The quantitative estimate of drug-likeness (QED) is 0.247. The van der Waals surface area contributed by atoms with Gasteiger partial charge in [-0.1, -0.05) is 24.8 Å². The van der Waals surface area contributed by atoms with Gasteiger partial charge in [0.2, 0.25) is 0 Å². The predicted molar refractivity (Wildman–Crippen MR) is 122 cm³/mol. The van der Waals surface area contributed by atoms with Gasteiger partial charge in [-0.15, -0.1) is 0 Å². The van der Waals surface area contributed by atoms with Crippen molar-refractivity contribution in [3.63, 3.8) is 0 Å². The summed E-state index contributed by atoms with van der Waals surface area (Å²) in [5.74, 6) is 2.77. The number of benzene rings is 2. The largest absolute Gasteiger partial charge is 0.480 e. The molecule has 7 N–H and O–H groups in total. The number of aryl methyl sites for hydroxylation is 2. The Morgan fingerprint density at radius 3 is 2.39 bits per heavy atom. The molecular weight excluding hydrogens is 426 g/mol. The number of nitrogens with two attached hydrogens (primary N) is 1. The van der Waals surface area contributed by atoms with Crippen molar-refractivity contribution in [2.45, 2.75) is 25.3 Å². The second kappa shape index (κ2) is 9.96. The maximum atomic E-state index is 12.4. The first-order valence-corrected chi connectivity index (χ1v) is 10.2. The van der Waals surface area contributed by atoms with Crippen molar-refractivity contribution >= 4 is 29.4 Å². The van der Waals surface area contributed by atoms with Crippen LogP contribution in [0.2, 0.25) is 0 Å². The maximum Gasteiger partial charge on any atom is 0.331 e. The van der Waals surface area contributed by atoms with E-state index in [0.717, 1.165) is 28.8 Å². The number of nitrogens with zero attached hydrogens (tertiary/aromatic N) is 1. The fourth-order valence-corrected chi connectivity index (χ4v) is 3.39. The van der Waals surface area contributed by atoms with Gasteiger partial charge in [0.25, 0.3) is 5.91 Å². The number of carbonyl (C=O) groups excluding carboxylic acids is 1. The number of carboxylic acid groups (broad SMARTS) is 2. The second-order valence-corrected chi connectivity index (χ2v) is 7.71. The van der Waals surface area contributed by atoms with E-state index in [9.17, 15) is 19.5 Å². The fourth-order valence-electron chi connectivity index (χ4n) is 3.39. The van der Waals surface area contributed by atoms with Crippen LogP contribution in [0.3, 0.4) is 0 Å². The molecule has 10 nitrogen and oxygen atoms in total. The molecule has 172 valence electrons. The number of fused-ring (bicyclic) bond motifs is 1. The van der Waals surface area contributed by atoms with Crippen LogP contribution in [-0.4, -0.2) is 51.6 Å². The lowest BCUT2D eigenvalue weighted by Crippen LogP contribution is -2.44. The van der Waals surface area contributed by atoms with Crippen molar-refractivity contribution in [1.82, 2.24) is 10.3 Å². The van der Waals surface area contributed by atoms with Gasteiger partial charge in [0, 0.05) is 28.8 Å². The average Bonchev–Trinajstić information content (AvgIpc) is 2.79. The maximum absolute atomic E-state index is 12.4. The number of hydrogen-bond acceptors (Lipinski definition) is 6. The van der Waals surface area contributed by atoms with Gasteiger partial charge < -0.3 is 20.8 Å². The minimum absolute atomic E-state index is 0.257. The van der Waals surface area contributed by atoms with E-state index in [-0.39, 0.29) is 17.0 Å². The number of carboxylic acids is 2. The summed E-state index contributed by atoms with van der Waals surface area (Å²) in [5.41, 5.74) is 3.60. The number of amidine groups is 1. The summed E-state index contributed by atoms with van der Waals surface area (Å²) in [6, 6.07) is 11.2. The van der Waals surface area contributed by atoms with Crippen molar-refractivity contribution in [3.8, 4) is 0 Å². The van der Waals surface area contributed by atoms with Gasteiger partial charge in [-0.05, 0) is 48.2 Å². The standard InChI is InChI=1S/C23H25N5O5/c1-13(22(30)31)10-19(23(32)33)27-21(29)16-7-4-14(5-8-16)2-3-15-6-9-18-17(11-15)20(24)28(25)12-26-18/h4-9,11,19,24,26H,1-3,10,12,25H2,(H,27,29)(H,30,31)(H,32,33)/t19-/m0/s1. The molecule has 1 atom stereocenters. The van der Waals surface area contributed by atoms with Gasteiger partial charge in [-0.3, -0.25) is 15.2 Å². The zero-order chi connectivity index (χ0) is 24.1. The number of anilines is 1. The molecule has 1 amide bonds. The lowest BCUT2D eigenvalue weighted by atomic mass is 9.99. The highest BCUT2D eigenvalue weighted by molar-refractivity contribution is 6.02. The van der Waals surface area contributed by atoms with Crippen LogP contribution in [0.25, 0.3) is 0 Å². The molecule has 1 aliphatic rings. The zero-order valence-corrected chi connectivity index (χ0v) is 17.8. The highest BCUT2D eigenvalue weighted by atomic mass is 16.4. The van der Waals surface area contributed by atoms with Crippen molar-refractivity contribution in [2.24, 2.45) is 5.84 Å². The third-order valence-electron chi connectivity index (χ3n) is 5.34. The Bertz CT molecular complexity index is 1110. The molecule has 10 heteroatoms. The van der Waals surface area contributed by atoms with Crippen LogP contribution in [0.4, 0.5) is 5.69 Å². The molecule has 33 heavy (non-hydrogen) atoms. The molecule has 0 saturated carbocycles. The number of aliphatic carboxylic acids is 2. The Labute approximate surface area is 190 Å². The highest BCUT2D eigenvalue weighted by Crippen LogP contribution is 2.23. The van der Waals surface area contributed by atoms with E-state index in [1.54, 1.807) is 24.3 Å². The molecule has 1 heterocycles. The van der Waals surface area contributed by atoms with Gasteiger partial charge in [-0.2, -0.15) is 0 Å². The summed E-state index contributed by atoms with van der Waals surface area (Å²) >= 11 is 0. The third kappa shape index (κ3) is 5.74. The summed E-state index contributed by atoms with van der Waals surface area (Å²) in [6.45, 7) is 3.69. The number of hydrogen-bond donors (Lipinski definition) is 6. The van der Waals surface area contributed by atoms with E-state index in [1.807, 2.05) is 18.2 Å². The van der Waals surface area contributed by atoms with E-state index < -0.39 is 30.3 Å². The number of amides is 1. The van der Waals surface area contributed by atoms with Gasteiger partial charge in [0.05, 0.1) is 0 Å². The molecule has 0 spiro atoms. The van der Waals surface area contributed by atoms with Crippen LogP contribution >= 0.6 is 0 Å². The Hall–Kier alpha value is -4.18. The van der Waals surface area contributed by atoms with Crippen molar-refractivity contribution in [1.29, 1.82) is 5.41 Å². The van der Waals surface area contributed by atoms with E-state index >= 15 is 0 Å². The van der Waals surface area contributed by atoms with Crippen LogP contribution in [0.15, 0.2) is 54.6 Å². The van der Waals surface area contributed by atoms with Crippen LogP contribution in [0.5, 0.6) is 0 Å². The lowest BCUT2D eigenvalue weighted by Gasteiger charge is -2.28. The summed E-state index contributed by atoms with van der Waals surface area (Å²) in [6.07, 6.45) is 1.02. The van der Waals surface area contributed by atoms with E-state index in [0.29, 0.717) is 13.1 Å². The SMILES string of the molecule is C=C(C[C@H](NC(=O)c1ccc(CCc2ccc3c(c2)C(=N)N(N)CN3)cc1)C(=O)O)C(=O)O. The van der Waals surface area contributed by atoms with Crippen molar-refractivity contribution < 1.29 is 24.6 Å². The van der Waals surface area contributed by atoms with E-state index in [1.165, 1.54) is 5.01 Å².